The zero-order valence-corrected chi connectivity index (χ0v) is 18.9. The van der Waals surface area contributed by atoms with E-state index < -0.39 is 0 Å². The molecule has 2 aliphatic rings. The monoisotopic (exact) mass is 419 g/mol. The number of rotatable bonds is 7. The van der Waals surface area contributed by atoms with Gasteiger partial charge in [-0.25, -0.2) is 0 Å². The van der Waals surface area contributed by atoms with Crippen LogP contribution >= 0.6 is 0 Å². The highest BCUT2D eigenvalue weighted by atomic mass is 16.5. The minimum Gasteiger partial charge on any atom is -0.497 e. The highest BCUT2D eigenvalue weighted by Crippen LogP contribution is 2.25. The number of guanidine groups is 1. The van der Waals surface area contributed by atoms with E-state index in [2.05, 4.69) is 40.1 Å². The summed E-state index contributed by atoms with van der Waals surface area (Å²) in [4.78, 5) is 12.0. The van der Waals surface area contributed by atoms with Gasteiger partial charge in [0.2, 0.25) is 0 Å². The number of ether oxygens (including phenoxy) is 3. The molecule has 3 rings (SSSR count). The Bertz CT molecular complexity index is 691. The van der Waals surface area contributed by atoms with Crippen molar-refractivity contribution < 1.29 is 14.2 Å². The van der Waals surface area contributed by atoms with E-state index in [4.69, 9.17) is 19.2 Å². The van der Waals surface area contributed by atoms with Crippen LogP contribution in [0.5, 0.6) is 11.5 Å². The van der Waals surface area contributed by atoms with Crippen molar-refractivity contribution in [2.45, 2.75) is 19.6 Å². The summed E-state index contributed by atoms with van der Waals surface area (Å²) >= 11 is 0. The van der Waals surface area contributed by atoms with Gasteiger partial charge in [-0.3, -0.25) is 9.89 Å². The summed E-state index contributed by atoms with van der Waals surface area (Å²) in [5.74, 6) is 2.76. The second-order valence-electron chi connectivity index (χ2n) is 7.89. The molecule has 1 unspecified atom stereocenters. The molecule has 168 valence electrons. The van der Waals surface area contributed by atoms with Gasteiger partial charge in [0.05, 0.1) is 33.5 Å². The fourth-order valence-corrected chi connectivity index (χ4v) is 3.96. The van der Waals surface area contributed by atoms with Gasteiger partial charge in [0.15, 0.2) is 5.96 Å². The maximum atomic E-state index is 5.86. The van der Waals surface area contributed by atoms with Gasteiger partial charge in [-0.05, 0) is 32.2 Å². The van der Waals surface area contributed by atoms with Crippen LogP contribution in [-0.4, -0.2) is 107 Å². The van der Waals surface area contributed by atoms with Crippen molar-refractivity contribution in [1.29, 1.82) is 0 Å². The number of likely N-dealkylation sites (N-methyl/N-ethyl adjacent to an activating group) is 1. The number of morpholine rings is 1. The largest absolute Gasteiger partial charge is 0.497 e. The summed E-state index contributed by atoms with van der Waals surface area (Å²) in [6.07, 6.45) is 0.180. The first-order valence-corrected chi connectivity index (χ1v) is 10.9. The number of piperazine rings is 1. The van der Waals surface area contributed by atoms with E-state index >= 15 is 0 Å². The summed E-state index contributed by atoms with van der Waals surface area (Å²) in [6, 6.07) is 5.98. The highest BCUT2D eigenvalue weighted by Gasteiger charge is 2.22. The molecule has 0 saturated carbocycles. The molecule has 8 heteroatoms. The predicted molar refractivity (Wildman–Crippen MR) is 120 cm³/mol. The predicted octanol–water partition coefficient (Wildman–Crippen LogP) is 1.12. The molecule has 2 fully saturated rings. The topological polar surface area (TPSA) is 61.8 Å². The molecule has 0 amide bonds. The Labute approximate surface area is 180 Å². The standard InChI is InChI=1S/C22H37N5O3/c1-5-23-22(24-15-20-17-25(2)12-13-30-20)27-10-8-26(9-11-27)16-18-14-19(28-3)6-7-21(18)29-4/h6-7,14,20H,5,8-13,15-17H2,1-4H3,(H,23,24). The summed E-state index contributed by atoms with van der Waals surface area (Å²) in [5.41, 5.74) is 1.16. The molecule has 0 bridgehead atoms. The Morgan fingerprint density at radius 3 is 2.63 bits per heavy atom. The van der Waals surface area contributed by atoms with Crippen molar-refractivity contribution in [3.63, 3.8) is 0 Å². The van der Waals surface area contributed by atoms with Crippen LogP contribution in [0.2, 0.25) is 0 Å². The van der Waals surface area contributed by atoms with Crippen molar-refractivity contribution in [1.82, 2.24) is 20.0 Å². The van der Waals surface area contributed by atoms with E-state index in [1.54, 1.807) is 14.2 Å². The molecule has 1 aromatic rings. The van der Waals surface area contributed by atoms with Gasteiger partial charge < -0.3 is 29.3 Å². The van der Waals surface area contributed by atoms with Crippen molar-refractivity contribution >= 4 is 5.96 Å². The first-order valence-electron chi connectivity index (χ1n) is 10.9. The molecule has 0 aliphatic carbocycles. The third kappa shape index (κ3) is 6.23. The lowest BCUT2D eigenvalue weighted by Gasteiger charge is -2.37. The number of methoxy groups -OCH3 is 2. The minimum atomic E-state index is 0.180. The van der Waals surface area contributed by atoms with E-state index in [-0.39, 0.29) is 6.10 Å². The van der Waals surface area contributed by atoms with Crippen molar-refractivity contribution in [2.24, 2.45) is 4.99 Å². The third-order valence-electron chi connectivity index (χ3n) is 5.67. The number of hydrogen-bond donors (Lipinski definition) is 1. The maximum absolute atomic E-state index is 5.86. The maximum Gasteiger partial charge on any atom is 0.194 e. The van der Waals surface area contributed by atoms with Gasteiger partial charge >= 0.3 is 0 Å². The van der Waals surface area contributed by atoms with Crippen molar-refractivity contribution in [2.75, 3.05) is 80.2 Å². The van der Waals surface area contributed by atoms with Gasteiger partial charge in [-0.15, -0.1) is 0 Å². The lowest BCUT2D eigenvalue weighted by Crippen LogP contribution is -2.52. The summed E-state index contributed by atoms with van der Waals surface area (Å²) < 4.78 is 16.8. The Morgan fingerprint density at radius 1 is 1.17 bits per heavy atom. The number of nitrogens with zero attached hydrogens (tertiary/aromatic N) is 4. The molecule has 0 aromatic heterocycles. The first-order chi connectivity index (χ1) is 14.6. The smallest absolute Gasteiger partial charge is 0.194 e. The van der Waals surface area contributed by atoms with E-state index in [1.165, 1.54) is 0 Å². The average molecular weight is 420 g/mol. The Hall–Kier alpha value is -2.03. The van der Waals surface area contributed by atoms with E-state index in [0.29, 0.717) is 6.54 Å². The molecule has 1 aromatic carbocycles. The van der Waals surface area contributed by atoms with Gasteiger partial charge in [0.1, 0.15) is 11.5 Å². The molecule has 1 atom stereocenters. The minimum absolute atomic E-state index is 0.180. The van der Waals surface area contributed by atoms with E-state index in [1.807, 2.05) is 12.1 Å². The molecule has 2 saturated heterocycles. The zero-order valence-electron chi connectivity index (χ0n) is 18.9. The molecule has 2 aliphatic heterocycles. The first kappa shape index (κ1) is 22.7. The van der Waals surface area contributed by atoms with Crippen LogP contribution in [0.25, 0.3) is 0 Å². The second kappa shape index (κ2) is 11.4. The number of aliphatic imine (C=N–C) groups is 1. The molecule has 2 heterocycles. The van der Waals surface area contributed by atoms with Crippen LogP contribution < -0.4 is 14.8 Å². The van der Waals surface area contributed by atoms with Crippen LogP contribution in [0.4, 0.5) is 0 Å². The molecule has 30 heavy (non-hydrogen) atoms. The molecular formula is C22H37N5O3. The van der Waals surface area contributed by atoms with Gasteiger partial charge in [0.25, 0.3) is 0 Å². The number of nitrogens with one attached hydrogen (secondary N) is 1. The van der Waals surface area contributed by atoms with Crippen LogP contribution in [0.15, 0.2) is 23.2 Å². The molecule has 1 N–H and O–H groups in total. The van der Waals surface area contributed by atoms with E-state index in [9.17, 15) is 0 Å². The van der Waals surface area contributed by atoms with Gasteiger partial charge in [-0.2, -0.15) is 0 Å². The molecule has 8 nitrogen and oxygen atoms in total. The molecular weight excluding hydrogens is 382 g/mol. The van der Waals surface area contributed by atoms with Gasteiger partial charge in [-0.1, -0.05) is 0 Å². The number of benzene rings is 1. The third-order valence-corrected chi connectivity index (χ3v) is 5.67. The Kier molecular flexibility index (Phi) is 8.60. The Morgan fingerprint density at radius 2 is 1.97 bits per heavy atom. The van der Waals surface area contributed by atoms with Gasteiger partial charge in [0, 0.05) is 57.9 Å². The summed E-state index contributed by atoms with van der Waals surface area (Å²) in [7, 11) is 5.56. The average Bonchev–Trinajstić information content (AvgIpc) is 2.77. The molecule has 0 spiro atoms. The van der Waals surface area contributed by atoms with Crippen LogP contribution in [0.3, 0.4) is 0 Å². The normalized spacial score (nSPS) is 21.5. The SMILES string of the molecule is CCNC(=NCC1CN(C)CCO1)N1CCN(Cc2cc(OC)ccc2OC)CC1. The summed E-state index contributed by atoms with van der Waals surface area (Å²) in [5, 5.41) is 3.45. The highest BCUT2D eigenvalue weighted by molar-refractivity contribution is 5.80. The lowest BCUT2D eigenvalue weighted by molar-refractivity contribution is -0.0137. The zero-order chi connectivity index (χ0) is 21.3. The fourth-order valence-electron chi connectivity index (χ4n) is 3.96. The fraction of sp³-hybridized carbons (Fsp3) is 0.682. The van der Waals surface area contributed by atoms with Crippen LogP contribution in [0.1, 0.15) is 12.5 Å². The van der Waals surface area contributed by atoms with Crippen molar-refractivity contribution in [3.8, 4) is 11.5 Å². The van der Waals surface area contributed by atoms with Crippen LogP contribution in [-0.2, 0) is 11.3 Å². The quantitative estimate of drug-likeness (QED) is 0.525. The lowest BCUT2D eigenvalue weighted by atomic mass is 10.1. The Balaban J connectivity index is 1.55. The second-order valence-corrected chi connectivity index (χ2v) is 7.89. The molecule has 0 radical (unpaired) electrons. The number of hydrogen-bond acceptors (Lipinski definition) is 6. The van der Waals surface area contributed by atoms with Crippen molar-refractivity contribution in [3.05, 3.63) is 23.8 Å². The summed E-state index contributed by atoms with van der Waals surface area (Å²) in [6.45, 7) is 11.1. The van der Waals surface area contributed by atoms with Crippen LogP contribution in [0, 0.1) is 0 Å². The van der Waals surface area contributed by atoms with E-state index in [0.717, 1.165) is 82.0 Å².